The largest absolute Gasteiger partial charge is 0.489 e. The second-order valence-electron chi connectivity index (χ2n) is 10.0. The van der Waals surface area contributed by atoms with Crippen LogP contribution in [0.25, 0.3) is 32.1 Å². The van der Waals surface area contributed by atoms with Gasteiger partial charge in [0.2, 0.25) is 0 Å². The highest BCUT2D eigenvalue weighted by atomic mass is 32.5. The first-order chi connectivity index (χ1) is 21.0. The highest BCUT2D eigenvalue weighted by Crippen LogP contribution is 3.04. The minimum absolute atomic E-state index is 0.0746. The summed E-state index contributed by atoms with van der Waals surface area (Å²) in [5.74, 6) is -4.64. The Labute approximate surface area is 253 Å². The number of hydrogen-bond donors (Lipinski definition) is 2. The van der Waals surface area contributed by atoms with Crippen LogP contribution < -0.4 is 25.8 Å². The van der Waals surface area contributed by atoms with Crippen molar-refractivity contribution in [2.24, 2.45) is 0 Å². The molecular weight excluding hydrogens is 651 g/mol. The van der Waals surface area contributed by atoms with E-state index in [0.29, 0.717) is 29.0 Å². The maximum Gasteiger partial charge on any atom is 0.318 e. The third kappa shape index (κ3) is 4.73. The molecule has 9 nitrogen and oxygen atoms in total. The fourth-order valence-electron chi connectivity index (χ4n) is 5.48. The fraction of sp³-hybridized carbons (Fsp3) is 0.185. The zero-order valence-corrected chi connectivity index (χ0v) is 24.7. The van der Waals surface area contributed by atoms with Gasteiger partial charge in [-0.05, 0) is 24.6 Å². The van der Waals surface area contributed by atoms with Gasteiger partial charge < -0.3 is 25.8 Å². The second-order valence-corrected chi connectivity index (χ2v) is 13.4. The van der Waals surface area contributed by atoms with Gasteiger partial charge in [0, 0.05) is 22.7 Å². The first-order valence-corrected chi connectivity index (χ1v) is 15.6. The van der Waals surface area contributed by atoms with Crippen LogP contribution in [0.4, 0.5) is 44.8 Å². The third-order valence-electron chi connectivity index (χ3n) is 7.36. The molecule has 0 fully saturated rings. The number of nitrogen functional groups attached to an aromatic ring is 2. The molecule has 18 heteroatoms. The van der Waals surface area contributed by atoms with Gasteiger partial charge in [-0.15, -0.1) is 11.3 Å². The zero-order valence-electron chi connectivity index (χ0n) is 23.0. The summed E-state index contributed by atoms with van der Waals surface area (Å²) in [6.07, 6.45) is 1.42. The standard InChI is InChI=1S/C27H20F7N7O2S2/c1-11(12-4-3-7-38-24(12)36)41-8-9-43-21-18-20(39-27(42-2)40-26(18)41)19(29)17(23(21)45(30,31,32,33)34)13-5-6-15(28)22-16(13)14(10-35)25(37)44-22/h3-7,11H,8-9,37H2,1-2H3,(H2,36,38)/t11-/m1/s1. The lowest BCUT2D eigenvalue weighted by Gasteiger charge is -2.42. The van der Waals surface area contributed by atoms with Crippen LogP contribution in [0.15, 0.2) is 35.4 Å². The molecule has 0 radical (unpaired) electrons. The second kappa shape index (κ2) is 9.37. The monoisotopic (exact) mass is 671 g/mol. The highest BCUT2D eigenvalue weighted by Gasteiger charge is 2.69. The quantitative estimate of drug-likeness (QED) is 0.179. The molecule has 236 valence electrons. The van der Waals surface area contributed by atoms with Gasteiger partial charge in [0.15, 0.2) is 16.5 Å². The van der Waals surface area contributed by atoms with Crippen molar-refractivity contribution in [2.75, 3.05) is 36.6 Å². The summed E-state index contributed by atoms with van der Waals surface area (Å²) in [5, 5.41) is 8.00. The number of nitriles is 1. The van der Waals surface area contributed by atoms with Crippen molar-refractivity contribution < 1.29 is 37.7 Å². The summed E-state index contributed by atoms with van der Waals surface area (Å²) >= 11 is 0.495. The molecule has 4 N–H and O–H groups in total. The van der Waals surface area contributed by atoms with Crippen LogP contribution in [0.2, 0.25) is 0 Å². The number of anilines is 3. The lowest BCUT2D eigenvalue weighted by Crippen LogP contribution is -2.31. The predicted molar refractivity (Wildman–Crippen MR) is 157 cm³/mol. The van der Waals surface area contributed by atoms with E-state index in [-0.39, 0.29) is 17.4 Å². The molecule has 3 aromatic heterocycles. The average molecular weight is 672 g/mol. The molecule has 0 amide bonds. The van der Waals surface area contributed by atoms with Crippen molar-refractivity contribution in [1.82, 2.24) is 15.0 Å². The van der Waals surface area contributed by atoms with E-state index in [1.165, 1.54) is 11.1 Å². The van der Waals surface area contributed by atoms with Gasteiger partial charge in [-0.3, -0.25) is 0 Å². The molecule has 1 atom stereocenters. The predicted octanol–water partition coefficient (Wildman–Crippen LogP) is 7.85. The summed E-state index contributed by atoms with van der Waals surface area (Å²) in [6.45, 7) is 0.781. The van der Waals surface area contributed by atoms with Crippen LogP contribution in [0.1, 0.15) is 24.1 Å². The van der Waals surface area contributed by atoms with E-state index in [1.807, 2.05) is 0 Å². The minimum Gasteiger partial charge on any atom is -0.489 e. The zero-order chi connectivity index (χ0) is 32.7. The first-order valence-electron chi connectivity index (χ1n) is 12.8. The Morgan fingerprint density at radius 2 is 1.84 bits per heavy atom. The molecule has 0 bridgehead atoms. The number of aromatic nitrogens is 3. The van der Waals surface area contributed by atoms with E-state index < -0.39 is 94.7 Å². The Morgan fingerprint density at radius 3 is 2.49 bits per heavy atom. The number of hydrogen-bond acceptors (Lipinski definition) is 10. The molecule has 5 aromatic rings. The van der Waals surface area contributed by atoms with Crippen LogP contribution in [0.5, 0.6) is 11.8 Å². The topological polar surface area (TPSA) is 136 Å². The van der Waals surface area contributed by atoms with E-state index in [0.717, 1.165) is 7.11 Å². The number of nitrogens with zero attached hydrogens (tertiary/aromatic N) is 5. The Bertz CT molecular complexity index is 2120. The summed E-state index contributed by atoms with van der Waals surface area (Å²) in [4.78, 5) is 10.7. The fourth-order valence-corrected chi connectivity index (χ4v) is 7.52. The molecule has 4 heterocycles. The van der Waals surface area contributed by atoms with E-state index in [2.05, 4.69) is 15.0 Å². The van der Waals surface area contributed by atoms with Crippen LogP contribution in [-0.4, -0.2) is 35.2 Å². The van der Waals surface area contributed by atoms with Crippen molar-refractivity contribution >= 4 is 59.2 Å². The van der Waals surface area contributed by atoms with Gasteiger partial charge in [0.1, 0.15) is 40.6 Å². The van der Waals surface area contributed by atoms with E-state index >= 15 is 23.8 Å². The SMILES string of the molecule is COc1nc2c3c(c(S(F)(F)(F)(F)F)c(-c4ccc(F)c5sc(N)c(C#N)c45)c(F)c3n1)OCCN2[C@H](C)c1cccnc1N. The Kier molecular flexibility index (Phi) is 6.31. The van der Waals surface area contributed by atoms with E-state index in [1.54, 1.807) is 25.1 Å². The maximum atomic E-state index is 16.8. The van der Waals surface area contributed by atoms with E-state index in [9.17, 15) is 9.65 Å². The van der Waals surface area contributed by atoms with Gasteiger partial charge >= 0.3 is 16.2 Å². The summed E-state index contributed by atoms with van der Waals surface area (Å²) in [6, 6.07) is 4.85. The average Bonchev–Trinajstić information content (AvgIpc) is 3.20. The number of benzene rings is 2. The normalized spacial score (nSPS) is 15.6. The molecular formula is C27H20F7N7O2S2. The molecule has 1 aliphatic rings. The number of thiophene rings is 1. The number of methoxy groups -OCH3 is 1. The number of fused-ring (bicyclic) bond motifs is 1. The molecule has 45 heavy (non-hydrogen) atoms. The Morgan fingerprint density at radius 1 is 1.11 bits per heavy atom. The molecule has 0 saturated heterocycles. The molecule has 0 aliphatic carbocycles. The van der Waals surface area contributed by atoms with Crippen LogP contribution in [0.3, 0.4) is 0 Å². The van der Waals surface area contributed by atoms with Crippen molar-refractivity contribution in [3.05, 3.63) is 53.2 Å². The minimum atomic E-state index is -10.9. The number of nitrogens with two attached hydrogens (primary N) is 2. The molecule has 0 unspecified atom stereocenters. The van der Waals surface area contributed by atoms with Gasteiger partial charge in [0.05, 0.1) is 35.3 Å². The van der Waals surface area contributed by atoms with Gasteiger partial charge in [-0.2, -0.15) is 15.2 Å². The number of pyridine rings is 1. The highest BCUT2D eigenvalue weighted by molar-refractivity contribution is 8.46. The van der Waals surface area contributed by atoms with Gasteiger partial charge in [-0.25, -0.2) is 13.8 Å². The summed E-state index contributed by atoms with van der Waals surface area (Å²) in [5.41, 5.74) is 8.33. The molecule has 1 aliphatic heterocycles. The summed E-state index contributed by atoms with van der Waals surface area (Å²) in [7, 11) is -9.80. The Balaban J connectivity index is 1.82. The smallest absolute Gasteiger partial charge is 0.318 e. The molecule has 0 saturated carbocycles. The van der Waals surface area contributed by atoms with Crippen LogP contribution >= 0.6 is 21.6 Å². The maximum absolute atomic E-state index is 16.8. The number of ether oxygens (including phenoxy) is 2. The van der Waals surface area contributed by atoms with Crippen molar-refractivity contribution in [3.63, 3.8) is 0 Å². The molecule has 0 spiro atoms. The molecule has 6 rings (SSSR count). The molecule has 2 aromatic carbocycles. The lowest BCUT2D eigenvalue weighted by atomic mass is 9.96. The van der Waals surface area contributed by atoms with Crippen molar-refractivity contribution in [2.45, 2.75) is 17.9 Å². The Hall–Kier alpha value is -4.76. The van der Waals surface area contributed by atoms with Crippen LogP contribution in [0, 0.1) is 23.0 Å². The van der Waals surface area contributed by atoms with E-state index in [4.69, 9.17) is 20.9 Å². The van der Waals surface area contributed by atoms with Crippen LogP contribution in [-0.2, 0) is 0 Å². The third-order valence-corrected chi connectivity index (χ3v) is 9.55. The number of halogens is 7. The summed E-state index contributed by atoms with van der Waals surface area (Å²) < 4.78 is 118. The van der Waals surface area contributed by atoms with Gasteiger partial charge in [-0.1, -0.05) is 31.6 Å². The van der Waals surface area contributed by atoms with Crippen molar-refractivity contribution in [1.29, 1.82) is 5.26 Å². The van der Waals surface area contributed by atoms with Gasteiger partial charge in [0.25, 0.3) is 0 Å². The van der Waals surface area contributed by atoms with Crippen molar-refractivity contribution in [3.8, 4) is 29.0 Å². The number of rotatable bonds is 5. The first kappa shape index (κ1) is 30.3. The lowest BCUT2D eigenvalue weighted by molar-refractivity contribution is 0.306.